The van der Waals surface area contributed by atoms with Crippen LogP contribution in [0.3, 0.4) is 0 Å². The molecule has 1 unspecified atom stereocenters. The Bertz CT molecular complexity index is 517. The van der Waals surface area contributed by atoms with Gasteiger partial charge in [-0.2, -0.15) is 5.10 Å². The molecule has 1 atom stereocenters. The summed E-state index contributed by atoms with van der Waals surface area (Å²) >= 11 is 1.90. The minimum atomic E-state index is -0.0329. The second kappa shape index (κ2) is 4.86. The summed E-state index contributed by atoms with van der Waals surface area (Å²) in [6.45, 7) is 0. The molecule has 0 bridgehead atoms. The van der Waals surface area contributed by atoms with Crippen molar-refractivity contribution in [2.24, 2.45) is 12.8 Å². The lowest BCUT2D eigenvalue weighted by Crippen LogP contribution is -2.14. The normalized spacial score (nSPS) is 17.2. The summed E-state index contributed by atoms with van der Waals surface area (Å²) in [5, 5.41) is 4.20. The summed E-state index contributed by atoms with van der Waals surface area (Å²) in [5.41, 5.74) is 8.98. The molecule has 1 aliphatic carbocycles. The largest absolute Gasteiger partial charge is 0.318 e. The van der Waals surface area contributed by atoms with Crippen LogP contribution in [-0.4, -0.2) is 9.78 Å². The van der Waals surface area contributed by atoms with Crippen LogP contribution in [0.5, 0.6) is 0 Å². The SMILES string of the molecule is Cn1nccc1C(N)c1cc2c(s1)CCCCC2. The van der Waals surface area contributed by atoms with Crippen molar-refractivity contribution in [3.63, 3.8) is 0 Å². The summed E-state index contributed by atoms with van der Waals surface area (Å²) in [7, 11) is 1.95. The summed E-state index contributed by atoms with van der Waals surface area (Å²) < 4.78 is 1.87. The molecule has 2 heterocycles. The molecule has 0 saturated heterocycles. The van der Waals surface area contributed by atoms with Gasteiger partial charge in [-0.3, -0.25) is 4.68 Å². The van der Waals surface area contributed by atoms with E-state index in [0.29, 0.717) is 0 Å². The summed E-state index contributed by atoms with van der Waals surface area (Å²) in [6.07, 6.45) is 8.29. The van der Waals surface area contributed by atoms with Crippen LogP contribution in [0.25, 0.3) is 0 Å². The van der Waals surface area contributed by atoms with Crippen LogP contribution >= 0.6 is 11.3 Å². The third-order valence-electron chi connectivity index (χ3n) is 3.75. The van der Waals surface area contributed by atoms with Gasteiger partial charge in [-0.05, 0) is 43.4 Å². The molecule has 96 valence electrons. The monoisotopic (exact) mass is 261 g/mol. The smallest absolute Gasteiger partial charge is 0.0816 e. The van der Waals surface area contributed by atoms with Gasteiger partial charge in [0.25, 0.3) is 0 Å². The van der Waals surface area contributed by atoms with Crippen molar-refractivity contribution in [2.75, 3.05) is 0 Å². The number of fused-ring (bicyclic) bond motifs is 1. The highest BCUT2D eigenvalue weighted by atomic mass is 32.1. The first-order valence-electron chi connectivity index (χ1n) is 6.60. The molecule has 4 heteroatoms. The molecule has 2 aromatic rings. The standard InChI is InChI=1S/C14H19N3S/c1-17-11(7-8-16-17)14(15)13-9-10-5-3-2-4-6-12(10)18-13/h7-9,14H,2-6,15H2,1H3. The van der Waals surface area contributed by atoms with E-state index in [1.54, 1.807) is 4.88 Å². The van der Waals surface area contributed by atoms with Crippen molar-refractivity contribution < 1.29 is 0 Å². The molecule has 0 amide bonds. The number of hydrogen-bond acceptors (Lipinski definition) is 3. The molecule has 2 aromatic heterocycles. The van der Waals surface area contributed by atoms with Gasteiger partial charge in [-0.15, -0.1) is 11.3 Å². The number of nitrogens with two attached hydrogens (primary N) is 1. The molecule has 1 aliphatic rings. The lowest BCUT2D eigenvalue weighted by molar-refractivity contribution is 0.677. The minimum absolute atomic E-state index is 0.0329. The molecule has 18 heavy (non-hydrogen) atoms. The zero-order valence-corrected chi connectivity index (χ0v) is 11.5. The van der Waals surface area contributed by atoms with Crippen molar-refractivity contribution in [3.05, 3.63) is 39.3 Å². The topological polar surface area (TPSA) is 43.8 Å². The maximum absolute atomic E-state index is 6.36. The fourth-order valence-corrected chi connectivity index (χ4v) is 3.95. The molecule has 2 N–H and O–H groups in total. The Kier molecular flexibility index (Phi) is 3.22. The minimum Gasteiger partial charge on any atom is -0.318 e. The van der Waals surface area contributed by atoms with Gasteiger partial charge in [0.15, 0.2) is 0 Å². The van der Waals surface area contributed by atoms with Crippen molar-refractivity contribution in [1.29, 1.82) is 0 Å². The average Bonchev–Trinajstić information content (AvgIpc) is 2.90. The molecular formula is C14H19N3S. The van der Waals surface area contributed by atoms with E-state index >= 15 is 0 Å². The van der Waals surface area contributed by atoms with E-state index < -0.39 is 0 Å². The Morgan fingerprint density at radius 1 is 1.33 bits per heavy atom. The van der Waals surface area contributed by atoms with Crippen LogP contribution < -0.4 is 5.73 Å². The van der Waals surface area contributed by atoms with Gasteiger partial charge in [0.05, 0.1) is 11.7 Å². The van der Waals surface area contributed by atoms with Crippen molar-refractivity contribution in [3.8, 4) is 0 Å². The van der Waals surface area contributed by atoms with Gasteiger partial charge in [-0.25, -0.2) is 0 Å². The molecular weight excluding hydrogens is 242 g/mol. The van der Waals surface area contributed by atoms with E-state index in [2.05, 4.69) is 11.2 Å². The van der Waals surface area contributed by atoms with Gasteiger partial charge in [-0.1, -0.05) is 6.42 Å². The van der Waals surface area contributed by atoms with Gasteiger partial charge in [0.1, 0.15) is 0 Å². The molecule has 3 rings (SSSR count). The Hall–Kier alpha value is -1.13. The van der Waals surface area contributed by atoms with E-state index in [1.165, 1.54) is 42.5 Å². The van der Waals surface area contributed by atoms with Crippen molar-refractivity contribution in [2.45, 2.75) is 38.1 Å². The summed E-state index contributed by atoms with van der Waals surface area (Å²) in [5.74, 6) is 0. The first-order valence-corrected chi connectivity index (χ1v) is 7.42. The van der Waals surface area contributed by atoms with Crippen LogP contribution in [0, 0.1) is 0 Å². The van der Waals surface area contributed by atoms with Crippen molar-refractivity contribution in [1.82, 2.24) is 9.78 Å². The van der Waals surface area contributed by atoms with Crippen LogP contribution in [0.2, 0.25) is 0 Å². The highest BCUT2D eigenvalue weighted by Crippen LogP contribution is 2.33. The fraction of sp³-hybridized carbons (Fsp3) is 0.500. The Morgan fingerprint density at radius 2 is 2.17 bits per heavy atom. The number of rotatable bonds is 2. The molecule has 0 radical (unpaired) electrons. The molecule has 0 aliphatic heterocycles. The fourth-order valence-electron chi connectivity index (χ4n) is 2.68. The first-order chi connectivity index (χ1) is 8.75. The molecule has 3 nitrogen and oxygen atoms in total. The van der Waals surface area contributed by atoms with Crippen LogP contribution in [0.15, 0.2) is 18.3 Å². The van der Waals surface area contributed by atoms with Crippen LogP contribution in [0.1, 0.15) is 46.3 Å². The Labute approximate surface area is 112 Å². The third kappa shape index (κ3) is 2.10. The Morgan fingerprint density at radius 3 is 2.94 bits per heavy atom. The van der Waals surface area contributed by atoms with E-state index in [4.69, 9.17) is 5.73 Å². The van der Waals surface area contributed by atoms with Gasteiger partial charge in [0.2, 0.25) is 0 Å². The second-order valence-electron chi connectivity index (χ2n) is 5.02. The van der Waals surface area contributed by atoms with E-state index in [9.17, 15) is 0 Å². The lowest BCUT2D eigenvalue weighted by Gasteiger charge is -2.09. The zero-order valence-electron chi connectivity index (χ0n) is 10.7. The second-order valence-corrected chi connectivity index (χ2v) is 6.18. The predicted molar refractivity (Wildman–Crippen MR) is 74.8 cm³/mol. The van der Waals surface area contributed by atoms with E-state index in [1.807, 2.05) is 35.3 Å². The number of aromatic nitrogens is 2. The molecule has 0 spiro atoms. The van der Waals surface area contributed by atoms with E-state index in [-0.39, 0.29) is 6.04 Å². The van der Waals surface area contributed by atoms with Crippen molar-refractivity contribution >= 4 is 11.3 Å². The summed E-state index contributed by atoms with van der Waals surface area (Å²) in [6, 6.07) is 4.30. The van der Waals surface area contributed by atoms with Gasteiger partial charge in [0, 0.05) is 23.0 Å². The number of hydrogen-bond donors (Lipinski definition) is 1. The van der Waals surface area contributed by atoms with Crippen LogP contribution in [-0.2, 0) is 19.9 Å². The van der Waals surface area contributed by atoms with Gasteiger partial charge >= 0.3 is 0 Å². The highest BCUT2D eigenvalue weighted by molar-refractivity contribution is 7.12. The predicted octanol–water partition coefficient (Wildman–Crippen LogP) is 2.80. The number of nitrogens with zero attached hydrogens (tertiary/aromatic N) is 2. The van der Waals surface area contributed by atoms with Gasteiger partial charge < -0.3 is 5.73 Å². The molecule has 0 aromatic carbocycles. The number of aryl methyl sites for hydroxylation is 3. The van der Waals surface area contributed by atoms with Crippen LogP contribution in [0.4, 0.5) is 0 Å². The maximum Gasteiger partial charge on any atom is 0.0816 e. The average molecular weight is 261 g/mol. The van der Waals surface area contributed by atoms with E-state index in [0.717, 1.165) is 5.69 Å². The summed E-state index contributed by atoms with van der Waals surface area (Å²) in [4.78, 5) is 2.84. The quantitative estimate of drug-likeness (QED) is 0.845. The third-order valence-corrected chi connectivity index (χ3v) is 5.07. The molecule has 0 saturated carbocycles. The maximum atomic E-state index is 6.36. The lowest BCUT2D eigenvalue weighted by atomic mass is 10.1. The molecule has 0 fully saturated rings. The first kappa shape index (κ1) is 11.9. The zero-order chi connectivity index (χ0) is 12.5. The highest BCUT2D eigenvalue weighted by Gasteiger charge is 2.18. The number of thiophene rings is 1. The Balaban J connectivity index is 1.91.